The number of anilines is 1. The van der Waals surface area contributed by atoms with Crippen LogP contribution in [0.1, 0.15) is 0 Å². The van der Waals surface area contributed by atoms with E-state index in [0.717, 1.165) is 31.9 Å². The van der Waals surface area contributed by atoms with Gasteiger partial charge in [-0.1, -0.05) is 23.2 Å². The largest absolute Gasteiger partial charge is 0.508 e. The molecule has 2 aromatic carbocycles. The highest BCUT2D eigenvalue weighted by Crippen LogP contribution is 2.27. The van der Waals surface area contributed by atoms with Crippen molar-refractivity contribution in [2.45, 2.75) is 6.10 Å². The van der Waals surface area contributed by atoms with Gasteiger partial charge in [-0.2, -0.15) is 0 Å². The van der Waals surface area contributed by atoms with Crippen LogP contribution in [0.5, 0.6) is 11.5 Å². The molecular weight excluding hydrogens is 375 g/mol. The monoisotopic (exact) mass is 396 g/mol. The minimum Gasteiger partial charge on any atom is -0.508 e. The van der Waals surface area contributed by atoms with E-state index in [4.69, 9.17) is 27.9 Å². The molecule has 2 aromatic rings. The van der Waals surface area contributed by atoms with Gasteiger partial charge in [-0.3, -0.25) is 4.90 Å². The number of hydrogen-bond donors (Lipinski definition) is 2. The molecule has 140 valence electrons. The number of rotatable bonds is 6. The van der Waals surface area contributed by atoms with Gasteiger partial charge >= 0.3 is 0 Å². The number of piperazine rings is 1. The van der Waals surface area contributed by atoms with Crippen molar-refractivity contribution in [2.24, 2.45) is 0 Å². The Bertz CT molecular complexity index is 719. The van der Waals surface area contributed by atoms with Crippen molar-refractivity contribution in [2.75, 3.05) is 44.2 Å². The average Bonchev–Trinajstić information content (AvgIpc) is 2.64. The van der Waals surface area contributed by atoms with Crippen LogP contribution in [0.25, 0.3) is 0 Å². The molecule has 1 fully saturated rings. The molecule has 0 saturated carbocycles. The first-order valence-electron chi connectivity index (χ1n) is 8.53. The predicted octanol–water partition coefficient (Wildman–Crippen LogP) is 3.26. The second-order valence-corrected chi connectivity index (χ2v) is 7.16. The zero-order valence-electron chi connectivity index (χ0n) is 14.3. The standard InChI is InChI=1S/C19H22Cl2N2O3/c20-18-6-1-14(11-19(18)21)23-9-7-22(8-10-23)12-16(25)13-26-17-4-2-15(24)3-5-17/h1-6,11,16,24-25H,7-10,12-13H2/t16-/m1/s1. The molecule has 1 aliphatic heterocycles. The molecule has 5 nitrogen and oxygen atoms in total. The van der Waals surface area contributed by atoms with Crippen molar-refractivity contribution in [3.63, 3.8) is 0 Å². The van der Waals surface area contributed by atoms with Crippen LogP contribution in [0, 0.1) is 0 Å². The fourth-order valence-corrected chi connectivity index (χ4v) is 3.25. The second-order valence-electron chi connectivity index (χ2n) is 6.34. The molecular formula is C19H22Cl2N2O3. The topological polar surface area (TPSA) is 56.2 Å². The van der Waals surface area contributed by atoms with E-state index in [9.17, 15) is 10.2 Å². The summed E-state index contributed by atoms with van der Waals surface area (Å²) in [4.78, 5) is 4.48. The van der Waals surface area contributed by atoms with Crippen LogP contribution in [0.15, 0.2) is 42.5 Å². The van der Waals surface area contributed by atoms with E-state index in [2.05, 4.69) is 9.80 Å². The number of ether oxygens (including phenoxy) is 1. The number of phenols is 1. The first-order chi connectivity index (χ1) is 12.5. The molecule has 1 heterocycles. The van der Waals surface area contributed by atoms with Gasteiger partial charge in [0.25, 0.3) is 0 Å². The summed E-state index contributed by atoms with van der Waals surface area (Å²) in [5.41, 5.74) is 1.07. The highest BCUT2D eigenvalue weighted by Gasteiger charge is 2.20. The molecule has 0 bridgehead atoms. The Morgan fingerprint density at radius 2 is 1.65 bits per heavy atom. The van der Waals surface area contributed by atoms with E-state index in [0.29, 0.717) is 22.3 Å². The van der Waals surface area contributed by atoms with Gasteiger partial charge in [0.05, 0.1) is 10.0 Å². The Morgan fingerprint density at radius 3 is 2.31 bits per heavy atom. The van der Waals surface area contributed by atoms with E-state index in [1.165, 1.54) is 0 Å². The summed E-state index contributed by atoms with van der Waals surface area (Å²) in [7, 11) is 0. The van der Waals surface area contributed by atoms with Crippen molar-refractivity contribution in [3.8, 4) is 11.5 Å². The van der Waals surface area contributed by atoms with Crippen molar-refractivity contribution in [1.29, 1.82) is 0 Å². The summed E-state index contributed by atoms with van der Waals surface area (Å²) in [6, 6.07) is 12.2. The number of aromatic hydroxyl groups is 1. The van der Waals surface area contributed by atoms with Crippen molar-refractivity contribution in [3.05, 3.63) is 52.5 Å². The van der Waals surface area contributed by atoms with Gasteiger partial charge in [-0.15, -0.1) is 0 Å². The third-order valence-electron chi connectivity index (χ3n) is 4.39. The minimum absolute atomic E-state index is 0.192. The number of hydrogen-bond acceptors (Lipinski definition) is 5. The fourth-order valence-electron chi connectivity index (χ4n) is 2.96. The molecule has 0 amide bonds. The maximum Gasteiger partial charge on any atom is 0.119 e. The van der Waals surface area contributed by atoms with Crippen LogP contribution >= 0.6 is 23.2 Å². The van der Waals surface area contributed by atoms with Crippen LogP contribution in [-0.4, -0.2) is 60.5 Å². The highest BCUT2D eigenvalue weighted by atomic mass is 35.5. The zero-order valence-corrected chi connectivity index (χ0v) is 15.8. The van der Waals surface area contributed by atoms with Crippen LogP contribution in [0.2, 0.25) is 10.0 Å². The lowest BCUT2D eigenvalue weighted by atomic mass is 10.2. The Labute approximate surface area is 163 Å². The third-order valence-corrected chi connectivity index (χ3v) is 5.13. The fraction of sp³-hybridized carbons (Fsp3) is 0.368. The number of nitrogens with zero attached hydrogens (tertiary/aromatic N) is 2. The molecule has 0 unspecified atom stereocenters. The lowest BCUT2D eigenvalue weighted by Gasteiger charge is -2.37. The predicted molar refractivity (Wildman–Crippen MR) is 105 cm³/mol. The molecule has 26 heavy (non-hydrogen) atoms. The van der Waals surface area contributed by atoms with Crippen molar-refractivity contribution < 1.29 is 14.9 Å². The molecule has 0 radical (unpaired) electrons. The van der Waals surface area contributed by atoms with Crippen LogP contribution in [0.4, 0.5) is 5.69 Å². The molecule has 2 N–H and O–H groups in total. The molecule has 0 spiro atoms. The summed E-state index contributed by atoms with van der Waals surface area (Å²) < 4.78 is 5.55. The first-order valence-corrected chi connectivity index (χ1v) is 9.29. The third kappa shape index (κ3) is 5.17. The maximum atomic E-state index is 10.2. The van der Waals surface area contributed by atoms with E-state index in [-0.39, 0.29) is 12.4 Å². The van der Waals surface area contributed by atoms with Gasteiger partial charge in [0.15, 0.2) is 0 Å². The molecule has 1 aliphatic rings. The first kappa shape index (κ1) is 19.1. The van der Waals surface area contributed by atoms with Gasteiger partial charge in [-0.25, -0.2) is 0 Å². The Kier molecular flexibility index (Phi) is 6.48. The van der Waals surface area contributed by atoms with E-state index in [1.54, 1.807) is 24.3 Å². The van der Waals surface area contributed by atoms with Gasteiger partial charge in [-0.05, 0) is 42.5 Å². The number of halogens is 2. The maximum absolute atomic E-state index is 10.2. The Hall–Kier alpha value is -1.66. The second kappa shape index (κ2) is 8.82. The van der Waals surface area contributed by atoms with Crippen LogP contribution in [0.3, 0.4) is 0 Å². The molecule has 0 aromatic heterocycles. The lowest BCUT2D eigenvalue weighted by Crippen LogP contribution is -2.49. The lowest BCUT2D eigenvalue weighted by molar-refractivity contribution is 0.0663. The normalized spacial score (nSPS) is 16.5. The Morgan fingerprint density at radius 1 is 0.962 bits per heavy atom. The van der Waals surface area contributed by atoms with E-state index >= 15 is 0 Å². The van der Waals surface area contributed by atoms with Crippen LogP contribution in [-0.2, 0) is 0 Å². The molecule has 1 saturated heterocycles. The summed E-state index contributed by atoms with van der Waals surface area (Å²) >= 11 is 12.1. The smallest absolute Gasteiger partial charge is 0.119 e. The quantitative estimate of drug-likeness (QED) is 0.784. The SMILES string of the molecule is Oc1ccc(OC[C@H](O)CN2CCN(c3ccc(Cl)c(Cl)c3)CC2)cc1. The van der Waals surface area contributed by atoms with Gasteiger partial charge in [0.2, 0.25) is 0 Å². The number of β-amino-alcohol motifs (C(OH)–C–C–N with tert-alkyl or cyclic N) is 1. The van der Waals surface area contributed by atoms with Crippen molar-refractivity contribution in [1.82, 2.24) is 4.90 Å². The Balaban J connectivity index is 1.43. The number of phenolic OH excluding ortho intramolecular Hbond substituents is 1. The van der Waals surface area contributed by atoms with Crippen molar-refractivity contribution >= 4 is 28.9 Å². The summed E-state index contributed by atoms with van der Waals surface area (Å²) in [6.07, 6.45) is -0.569. The van der Waals surface area contributed by atoms with Gasteiger partial charge in [0, 0.05) is 38.4 Å². The molecule has 0 aliphatic carbocycles. The van der Waals surface area contributed by atoms with Gasteiger partial charge < -0.3 is 19.8 Å². The number of benzene rings is 2. The summed E-state index contributed by atoms with van der Waals surface area (Å²) in [5, 5.41) is 20.6. The molecule has 7 heteroatoms. The molecule has 3 rings (SSSR count). The zero-order chi connectivity index (χ0) is 18.5. The molecule has 1 atom stereocenters. The van der Waals surface area contributed by atoms with Gasteiger partial charge in [0.1, 0.15) is 24.2 Å². The van der Waals surface area contributed by atoms with Crippen LogP contribution < -0.4 is 9.64 Å². The number of aliphatic hydroxyl groups is 1. The average molecular weight is 397 g/mol. The minimum atomic E-state index is -0.569. The summed E-state index contributed by atoms with van der Waals surface area (Å²) in [6.45, 7) is 4.23. The highest BCUT2D eigenvalue weighted by molar-refractivity contribution is 6.42. The van der Waals surface area contributed by atoms with E-state index < -0.39 is 6.10 Å². The summed E-state index contributed by atoms with van der Waals surface area (Å²) in [5.74, 6) is 0.823. The van der Waals surface area contributed by atoms with E-state index in [1.807, 2.05) is 18.2 Å². The number of aliphatic hydroxyl groups excluding tert-OH is 1.